The average molecular weight is 495 g/mol. The Balaban J connectivity index is 0.00000161. The van der Waals surface area contributed by atoms with Crippen molar-refractivity contribution in [1.82, 2.24) is 4.98 Å². The number of sulfone groups is 1. The number of anilines is 2. The van der Waals surface area contributed by atoms with Gasteiger partial charge in [0.15, 0.2) is 5.82 Å². The van der Waals surface area contributed by atoms with Crippen LogP contribution in [-0.4, -0.2) is 70.1 Å². The summed E-state index contributed by atoms with van der Waals surface area (Å²) in [4.78, 5) is 15.1. The lowest BCUT2D eigenvalue weighted by Crippen LogP contribution is -2.40. The van der Waals surface area contributed by atoms with Crippen LogP contribution in [0.2, 0.25) is 0 Å². The number of primary amides is 1. The number of nitrogens with zero attached hydrogens (tertiary/aromatic N) is 2. The van der Waals surface area contributed by atoms with Crippen molar-refractivity contribution >= 4 is 37.0 Å². The van der Waals surface area contributed by atoms with Gasteiger partial charge in [-0.05, 0) is 30.7 Å². The van der Waals surface area contributed by atoms with Gasteiger partial charge in [-0.3, -0.25) is 4.79 Å². The number of alkyl halides is 1. The minimum Gasteiger partial charge on any atom is -0.475 e. The van der Waals surface area contributed by atoms with Crippen molar-refractivity contribution in [2.24, 2.45) is 11.1 Å². The highest BCUT2D eigenvalue weighted by Crippen LogP contribution is 2.35. The molecular weight excluding hydrogens is 458 g/mol. The molecule has 32 heavy (non-hydrogen) atoms. The van der Waals surface area contributed by atoms with E-state index in [2.05, 4.69) is 26.9 Å². The molecule has 2 heterocycles. The first-order valence-electron chi connectivity index (χ1n) is 10.4. The van der Waals surface area contributed by atoms with Crippen LogP contribution < -0.4 is 21.1 Å². The monoisotopic (exact) mass is 494 g/mol. The van der Waals surface area contributed by atoms with Gasteiger partial charge in [0.2, 0.25) is 12.3 Å². The molecule has 0 aliphatic carbocycles. The molecule has 0 saturated carbocycles. The molecule has 1 amide bonds. The maximum atomic E-state index is 12.9. The van der Waals surface area contributed by atoms with Gasteiger partial charge in [-0.25, -0.2) is 12.8 Å². The molecule has 4 N–H and O–H groups in total. The summed E-state index contributed by atoms with van der Waals surface area (Å²) < 4.78 is 47.6. The standard InChI is InChI=1S/C19H33FN3O4PS.CH3NO/c1-4-14(26-12-16(20)28)11-27-17-6-5-15(21)18(22-17)23(3)13-19(2)7-9-29(24,25)10-8-19;2-1-3/h5-6,14,16H,4,7-13,21,28H2,1-3H3;1H,(H2,2,3). The van der Waals surface area contributed by atoms with E-state index in [1.165, 1.54) is 0 Å². The summed E-state index contributed by atoms with van der Waals surface area (Å²) in [6.45, 7) is 4.97. The van der Waals surface area contributed by atoms with Crippen LogP contribution in [0.4, 0.5) is 15.9 Å². The van der Waals surface area contributed by atoms with E-state index in [0.29, 0.717) is 43.2 Å². The first-order valence-corrected chi connectivity index (χ1v) is 12.9. The molecule has 0 aromatic carbocycles. The van der Waals surface area contributed by atoms with Gasteiger partial charge in [0.1, 0.15) is 22.4 Å². The van der Waals surface area contributed by atoms with Crippen molar-refractivity contribution < 1.29 is 27.1 Å². The molecule has 1 aromatic heterocycles. The number of amides is 1. The number of carbonyl (C=O) groups is 1. The predicted molar refractivity (Wildman–Crippen MR) is 128 cm³/mol. The summed E-state index contributed by atoms with van der Waals surface area (Å²) in [6, 6.07) is 3.44. The first-order chi connectivity index (χ1) is 14.9. The Kier molecular flexibility index (Phi) is 11.6. The van der Waals surface area contributed by atoms with Crippen LogP contribution >= 0.6 is 9.24 Å². The molecule has 9 nitrogen and oxygen atoms in total. The van der Waals surface area contributed by atoms with E-state index in [9.17, 15) is 12.8 Å². The Hall–Kier alpha value is -1.71. The van der Waals surface area contributed by atoms with Crippen LogP contribution in [0.3, 0.4) is 0 Å². The second kappa shape index (κ2) is 13.1. The third-order valence-electron chi connectivity index (χ3n) is 5.26. The van der Waals surface area contributed by atoms with Crippen molar-refractivity contribution in [2.45, 2.75) is 45.1 Å². The van der Waals surface area contributed by atoms with Crippen molar-refractivity contribution in [3.63, 3.8) is 0 Å². The Morgan fingerprint density at radius 2 is 1.94 bits per heavy atom. The zero-order valence-corrected chi connectivity index (χ0v) is 21.0. The van der Waals surface area contributed by atoms with E-state index in [4.69, 9.17) is 20.0 Å². The fraction of sp³-hybridized carbons (Fsp3) is 0.700. The number of aromatic nitrogens is 1. The van der Waals surface area contributed by atoms with Crippen LogP contribution in [0.5, 0.6) is 5.88 Å². The van der Waals surface area contributed by atoms with Crippen molar-refractivity contribution in [1.29, 1.82) is 0 Å². The van der Waals surface area contributed by atoms with E-state index < -0.39 is 15.8 Å². The van der Waals surface area contributed by atoms with E-state index in [1.54, 1.807) is 12.1 Å². The van der Waals surface area contributed by atoms with Crippen LogP contribution in [0.1, 0.15) is 33.1 Å². The van der Waals surface area contributed by atoms with Gasteiger partial charge in [0, 0.05) is 19.7 Å². The van der Waals surface area contributed by atoms with Crippen LogP contribution in [0.15, 0.2) is 12.1 Å². The number of hydrogen-bond donors (Lipinski definition) is 2. The van der Waals surface area contributed by atoms with Crippen molar-refractivity contribution in [3.05, 3.63) is 12.1 Å². The number of rotatable bonds is 10. The van der Waals surface area contributed by atoms with E-state index in [0.717, 1.165) is 0 Å². The molecule has 12 heteroatoms. The van der Waals surface area contributed by atoms with Crippen LogP contribution in [0, 0.1) is 5.41 Å². The number of carbonyl (C=O) groups excluding carboxylic acids is 1. The highest BCUT2D eigenvalue weighted by Gasteiger charge is 2.34. The quantitative estimate of drug-likeness (QED) is 0.371. The zero-order valence-electron chi connectivity index (χ0n) is 19.0. The number of hydrogen-bond acceptors (Lipinski definition) is 8. The number of nitrogens with two attached hydrogens (primary N) is 2. The zero-order chi connectivity index (χ0) is 24.4. The highest BCUT2D eigenvalue weighted by atomic mass is 32.2. The fourth-order valence-corrected chi connectivity index (χ4v) is 5.28. The molecule has 0 radical (unpaired) electrons. The van der Waals surface area contributed by atoms with Gasteiger partial charge in [0.05, 0.1) is 29.9 Å². The molecule has 3 unspecified atom stereocenters. The minimum absolute atomic E-state index is 0.00396. The summed E-state index contributed by atoms with van der Waals surface area (Å²) in [6.07, 6.45) is 1.96. The normalized spacial score (nSPS) is 18.5. The number of pyridine rings is 1. The topological polar surface area (TPSA) is 138 Å². The van der Waals surface area contributed by atoms with Gasteiger partial charge in [-0.1, -0.05) is 23.1 Å². The molecule has 1 aromatic rings. The van der Waals surface area contributed by atoms with Crippen LogP contribution in [0.25, 0.3) is 0 Å². The summed E-state index contributed by atoms with van der Waals surface area (Å²) >= 11 is 0. The lowest BCUT2D eigenvalue weighted by Gasteiger charge is -2.37. The predicted octanol–water partition coefficient (Wildman–Crippen LogP) is 1.76. The molecule has 0 spiro atoms. The summed E-state index contributed by atoms with van der Waals surface area (Å²) in [7, 11) is 1.05. The van der Waals surface area contributed by atoms with E-state index in [1.807, 2.05) is 18.9 Å². The first kappa shape index (κ1) is 28.3. The Morgan fingerprint density at radius 1 is 1.34 bits per heavy atom. The van der Waals surface area contributed by atoms with Gasteiger partial charge in [-0.15, -0.1) is 0 Å². The molecule has 0 bridgehead atoms. The lowest BCUT2D eigenvalue weighted by molar-refractivity contribution is -0.106. The second-order valence-electron chi connectivity index (χ2n) is 8.21. The number of nitrogen functional groups attached to an aromatic ring is 1. The van der Waals surface area contributed by atoms with Crippen LogP contribution in [-0.2, 0) is 19.4 Å². The Morgan fingerprint density at radius 3 is 2.47 bits per heavy atom. The SMILES string of the molecule is CCC(COc1ccc(N)c(N(C)CC2(C)CCS(=O)(=O)CC2)n1)OCC(F)P.NC=O. The maximum Gasteiger partial charge on any atom is 0.215 e. The third kappa shape index (κ3) is 9.83. The average Bonchev–Trinajstić information content (AvgIpc) is 2.72. The summed E-state index contributed by atoms with van der Waals surface area (Å²) in [5.41, 5.74) is 10.7. The van der Waals surface area contributed by atoms with E-state index in [-0.39, 0.29) is 42.6 Å². The molecule has 184 valence electrons. The second-order valence-corrected chi connectivity index (χ2v) is 11.2. The molecule has 1 fully saturated rings. The van der Waals surface area contributed by atoms with Crippen molar-refractivity contribution in [3.8, 4) is 5.88 Å². The largest absolute Gasteiger partial charge is 0.475 e. The van der Waals surface area contributed by atoms with Gasteiger partial charge in [-0.2, -0.15) is 4.98 Å². The van der Waals surface area contributed by atoms with Gasteiger partial charge < -0.3 is 25.8 Å². The maximum absolute atomic E-state index is 12.9. The molecule has 1 aliphatic heterocycles. The molecular formula is C20H36FN4O5PS. The number of halogens is 1. The summed E-state index contributed by atoms with van der Waals surface area (Å²) in [5.74, 6) is 0.354. The third-order valence-corrected chi connectivity index (χ3v) is 7.10. The Labute approximate surface area is 192 Å². The molecule has 3 atom stereocenters. The Bertz CT molecular complexity index is 814. The van der Waals surface area contributed by atoms with Gasteiger partial charge >= 0.3 is 0 Å². The smallest absolute Gasteiger partial charge is 0.215 e. The molecule has 2 rings (SSSR count). The number of ether oxygens (including phenoxy) is 2. The molecule has 1 aliphatic rings. The lowest BCUT2D eigenvalue weighted by atomic mass is 9.84. The highest BCUT2D eigenvalue weighted by molar-refractivity contribution is 7.91. The minimum atomic E-state index is -2.91. The fourth-order valence-electron chi connectivity index (χ4n) is 3.35. The van der Waals surface area contributed by atoms with Crippen molar-refractivity contribution in [2.75, 3.05) is 48.9 Å². The molecule has 1 saturated heterocycles. The van der Waals surface area contributed by atoms with Gasteiger partial charge in [0.25, 0.3) is 0 Å². The summed E-state index contributed by atoms with van der Waals surface area (Å²) in [5, 5.41) is 0. The van der Waals surface area contributed by atoms with E-state index >= 15 is 0 Å².